The number of ether oxygens (including phenoxy) is 1. The second-order valence-corrected chi connectivity index (χ2v) is 3.72. The zero-order valence-corrected chi connectivity index (χ0v) is 10.7. The Bertz CT molecular complexity index is 515. The van der Waals surface area contributed by atoms with Crippen LogP contribution in [0.15, 0.2) is 23.3 Å². The molecule has 1 aromatic rings. The summed E-state index contributed by atoms with van der Waals surface area (Å²) in [5.74, 6) is -0.724. The van der Waals surface area contributed by atoms with Gasteiger partial charge in [0.15, 0.2) is 0 Å². The molecule has 0 bridgehead atoms. The quantitative estimate of drug-likeness (QED) is 0.501. The van der Waals surface area contributed by atoms with Crippen molar-refractivity contribution in [2.24, 2.45) is 5.10 Å². The van der Waals surface area contributed by atoms with Crippen molar-refractivity contribution in [2.45, 2.75) is 20.8 Å². The number of carbonyl (C=O) groups is 1. The average molecular weight is 245 g/mol. The Hall–Kier alpha value is -2.35. The van der Waals surface area contributed by atoms with Crippen molar-refractivity contribution in [3.05, 3.63) is 29.3 Å². The number of aryl methyl sites for hydroxylation is 2. The maximum absolute atomic E-state index is 11.3. The molecule has 0 saturated heterocycles. The van der Waals surface area contributed by atoms with Crippen LogP contribution in [0.25, 0.3) is 0 Å². The van der Waals surface area contributed by atoms with Crippen LogP contribution >= 0.6 is 0 Å². The second kappa shape index (κ2) is 6.40. The Morgan fingerprint density at radius 2 is 2.22 bits per heavy atom. The molecule has 0 amide bonds. The third-order valence-electron chi connectivity index (χ3n) is 2.26. The summed E-state index contributed by atoms with van der Waals surface area (Å²) in [6.07, 6.45) is 0. The van der Waals surface area contributed by atoms with Gasteiger partial charge in [0, 0.05) is 0 Å². The molecule has 94 valence electrons. The Balaban J connectivity index is 2.87. The number of carbonyl (C=O) groups excluding carboxylic acids is 1. The Kier molecular flexibility index (Phi) is 4.88. The fraction of sp³-hybridized carbons (Fsp3) is 0.308. The zero-order chi connectivity index (χ0) is 13.5. The Morgan fingerprint density at radius 1 is 1.50 bits per heavy atom. The highest BCUT2D eigenvalue weighted by molar-refractivity contribution is 6.43. The molecule has 0 fully saturated rings. The summed E-state index contributed by atoms with van der Waals surface area (Å²) in [5.41, 5.74) is 5.21. The molecule has 1 aromatic carbocycles. The first-order valence-corrected chi connectivity index (χ1v) is 5.56. The number of nitrogens with zero attached hydrogens (tertiary/aromatic N) is 2. The number of nitrogens with one attached hydrogen (secondary N) is 1. The van der Waals surface area contributed by atoms with Crippen LogP contribution in [0.1, 0.15) is 18.1 Å². The number of rotatable bonds is 4. The molecule has 18 heavy (non-hydrogen) atoms. The van der Waals surface area contributed by atoms with Crippen molar-refractivity contribution in [3.63, 3.8) is 0 Å². The van der Waals surface area contributed by atoms with Gasteiger partial charge in [0.25, 0.3) is 0 Å². The van der Waals surface area contributed by atoms with Gasteiger partial charge in [0.05, 0.1) is 12.3 Å². The van der Waals surface area contributed by atoms with E-state index in [0.29, 0.717) is 0 Å². The minimum Gasteiger partial charge on any atom is -0.461 e. The van der Waals surface area contributed by atoms with E-state index >= 15 is 0 Å². The molecule has 0 aliphatic carbocycles. The third-order valence-corrected chi connectivity index (χ3v) is 2.26. The van der Waals surface area contributed by atoms with Gasteiger partial charge in [-0.1, -0.05) is 12.1 Å². The van der Waals surface area contributed by atoms with Gasteiger partial charge in [-0.2, -0.15) is 10.4 Å². The molecule has 0 aromatic heterocycles. The number of nitriles is 1. The van der Waals surface area contributed by atoms with Crippen molar-refractivity contribution in [3.8, 4) is 6.07 Å². The summed E-state index contributed by atoms with van der Waals surface area (Å²) >= 11 is 0. The minimum atomic E-state index is -0.724. The van der Waals surface area contributed by atoms with E-state index in [1.807, 2.05) is 32.0 Å². The average Bonchev–Trinajstić information content (AvgIpc) is 2.34. The van der Waals surface area contributed by atoms with Crippen LogP contribution in [-0.2, 0) is 9.53 Å². The maximum Gasteiger partial charge on any atom is 0.369 e. The first-order valence-electron chi connectivity index (χ1n) is 5.56. The van der Waals surface area contributed by atoms with E-state index in [4.69, 9.17) is 10.00 Å². The van der Waals surface area contributed by atoms with Gasteiger partial charge in [-0.15, -0.1) is 0 Å². The maximum atomic E-state index is 11.3. The SMILES string of the molecule is CCOC(=O)C(C#N)=NNc1cc(C)ccc1C. The Labute approximate surface area is 106 Å². The first-order chi connectivity index (χ1) is 8.58. The van der Waals surface area contributed by atoms with E-state index in [9.17, 15) is 4.79 Å². The van der Waals surface area contributed by atoms with Crippen molar-refractivity contribution in [1.82, 2.24) is 0 Å². The monoisotopic (exact) mass is 245 g/mol. The second-order valence-electron chi connectivity index (χ2n) is 3.72. The number of hydrogen-bond donors (Lipinski definition) is 1. The van der Waals surface area contributed by atoms with Crippen LogP contribution in [0, 0.1) is 25.2 Å². The third kappa shape index (κ3) is 3.59. The largest absolute Gasteiger partial charge is 0.461 e. The molecule has 0 heterocycles. The molecule has 1 rings (SSSR count). The van der Waals surface area contributed by atoms with Gasteiger partial charge in [-0.25, -0.2) is 4.79 Å². The molecule has 5 heteroatoms. The lowest BCUT2D eigenvalue weighted by Crippen LogP contribution is -2.17. The summed E-state index contributed by atoms with van der Waals surface area (Å²) in [6, 6.07) is 7.50. The zero-order valence-electron chi connectivity index (χ0n) is 10.7. The molecule has 0 unspecified atom stereocenters. The van der Waals surface area contributed by atoms with Gasteiger partial charge < -0.3 is 4.74 Å². The molecular formula is C13H15N3O2. The lowest BCUT2D eigenvalue weighted by Gasteiger charge is -2.06. The number of benzene rings is 1. The highest BCUT2D eigenvalue weighted by Crippen LogP contribution is 2.16. The summed E-state index contributed by atoms with van der Waals surface area (Å²) < 4.78 is 4.71. The number of hydrazone groups is 1. The van der Waals surface area contributed by atoms with Gasteiger partial charge >= 0.3 is 5.97 Å². The van der Waals surface area contributed by atoms with Crippen molar-refractivity contribution in [1.29, 1.82) is 5.26 Å². The highest BCUT2D eigenvalue weighted by atomic mass is 16.5. The van der Waals surface area contributed by atoms with E-state index in [1.54, 1.807) is 13.0 Å². The molecular weight excluding hydrogens is 230 g/mol. The van der Waals surface area contributed by atoms with Crippen LogP contribution < -0.4 is 5.43 Å². The molecule has 0 atom stereocenters. The Morgan fingerprint density at radius 3 is 2.83 bits per heavy atom. The molecule has 0 saturated carbocycles. The topological polar surface area (TPSA) is 74.5 Å². The fourth-order valence-corrected chi connectivity index (χ4v) is 1.29. The molecule has 5 nitrogen and oxygen atoms in total. The van der Waals surface area contributed by atoms with Gasteiger partial charge in [0.1, 0.15) is 6.07 Å². The summed E-state index contributed by atoms with van der Waals surface area (Å²) in [6.45, 7) is 5.74. The van der Waals surface area contributed by atoms with Crippen LogP contribution in [0.2, 0.25) is 0 Å². The first kappa shape index (κ1) is 13.7. The van der Waals surface area contributed by atoms with Gasteiger partial charge in [0.2, 0.25) is 5.71 Å². The van der Waals surface area contributed by atoms with Crippen LogP contribution in [-0.4, -0.2) is 18.3 Å². The summed E-state index contributed by atoms with van der Waals surface area (Å²) in [4.78, 5) is 11.3. The normalized spacial score (nSPS) is 10.7. The predicted octanol–water partition coefficient (Wildman–Crippen LogP) is 2.16. The van der Waals surface area contributed by atoms with E-state index in [2.05, 4.69) is 10.5 Å². The standard InChI is InChI=1S/C13H15N3O2/c1-4-18-13(17)12(8-14)16-15-11-7-9(2)5-6-10(11)3/h5-7,15H,4H2,1-3H3. The van der Waals surface area contributed by atoms with Crippen LogP contribution in [0.4, 0.5) is 5.69 Å². The molecule has 1 N–H and O–H groups in total. The molecule has 0 spiro atoms. The highest BCUT2D eigenvalue weighted by Gasteiger charge is 2.11. The minimum absolute atomic E-state index is 0.211. The van der Waals surface area contributed by atoms with Crippen LogP contribution in [0.3, 0.4) is 0 Å². The number of hydrogen-bond acceptors (Lipinski definition) is 5. The molecule has 0 radical (unpaired) electrons. The number of esters is 1. The smallest absolute Gasteiger partial charge is 0.369 e. The van der Waals surface area contributed by atoms with E-state index in [-0.39, 0.29) is 12.3 Å². The van der Waals surface area contributed by atoms with Crippen molar-refractivity contribution in [2.75, 3.05) is 12.0 Å². The lowest BCUT2D eigenvalue weighted by atomic mass is 10.1. The lowest BCUT2D eigenvalue weighted by molar-refractivity contribution is -0.134. The van der Waals surface area contributed by atoms with E-state index < -0.39 is 5.97 Å². The fourth-order valence-electron chi connectivity index (χ4n) is 1.29. The molecule has 0 aliphatic heterocycles. The summed E-state index contributed by atoms with van der Waals surface area (Å²) in [7, 11) is 0. The number of anilines is 1. The molecule has 0 aliphatic rings. The van der Waals surface area contributed by atoms with E-state index in [1.165, 1.54) is 0 Å². The van der Waals surface area contributed by atoms with Crippen LogP contribution in [0.5, 0.6) is 0 Å². The van der Waals surface area contributed by atoms with E-state index in [0.717, 1.165) is 16.8 Å². The van der Waals surface area contributed by atoms with Crippen molar-refractivity contribution >= 4 is 17.4 Å². The summed E-state index contributed by atoms with van der Waals surface area (Å²) in [5, 5.41) is 12.6. The predicted molar refractivity (Wildman–Crippen MR) is 69.2 cm³/mol. The van der Waals surface area contributed by atoms with Crippen molar-refractivity contribution < 1.29 is 9.53 Å². The van der Waals surface area contributed by atoms with Gasteiger partial charge in [-0.3, -0.25) is 5.43 Å². The van der Waals surface area contributed by atoms with Gasteiger partial charge in [-0.05, 0) is 38.0 Å².